The number of carbonyl (C=O) groups is 1. The second-order valence-electron chi connectivity index (χ2n) is 4.59. The summed E-state index contributed by atoms with van der Waals surface area (Å²) >= 11 is 5.92. The topological polar surface area (TPSA) is 17.1 Å². The highest BCUT2D eigenvalue weighted by atomic mass is 35.5. The Labute approximate surface area is 112 Å². The normalized spacial score (nSPS) is 10.4. The molecule has 2 aromatic carbocycles. The lowest BCUT2D eigenvalue weighted by Crippen LogP contribution is -2.05. The quantitative estimate of drug-likeness (QED) is 0.725. The third-order valence-corrected chi connectivity index (χ3v) is 3.41. The molecule has 0 aliphatic carbocycles. The van der Waals surface area contributed by atoms with Crippen LogP contribution in [0.1, 0.15) is 32.6 Å². The van der Waals surface area contributed by atoms with Crippen molar-refractivity contribution in [3.05, 3.63) is 69.2 Å². The van der Waals surface area contributed by atoms with Gasteiger partial charge in [-0.1, -0.05) is 29.8 Å². The van der Waals surface area contributed by atoms with E-state index in [0.29, 0.717) is 10.6 Å². The van der Waals surface area contributed by atoms with E-state index in [4.69, 9.17) is 11.6 Å². The number of aryl methyl sites for hydroxylation is 3. The Balaban J connectivity index is 2.49. The third-order valence-electron chi connectivity index (χ3n) is 3.17. The molecular formula is C16H15ClO. The second kappa shape index (κ2) is 4.95. The molecule has 2 aromatic rings. The predicted molar refractivity (Wildman–Crippen MR) is 75.5 cm³/mol. The van der Waals surface area contributed by atoms with Gasteiger partial charge < -0.3 is 0 Å². The summed E-state index contributed by atoms with van der Waals surface area (Å²) in [5.41, 5.74) is 4.72. The van der Waals surface area contributed by atoms with Crippen LogP contribution in [0, 0.1) is 20.8 Å². The van der Waals surface area contributed by atoms with E-state index in [1.165, 1.54) is 5.56 Å². The summed E-state index contributed by atoms with van der Waals surface area (Å²) in [6.45, 7) is 6.03. The van der Waals surface area contributed by atoms with Crippen LogP contribution < -0.4 is 0 Å². The van der Waals surface area contributed by atoms with Crippen molar-refractivity contribution in [3.8, 4) is 0 Å². The number of rotatable bonds is 2. The highest BCUT2D eigenvalue weighted by Crippen LogP contribution is 2.20. The Kier molecular flexibility index (Phi) is 3.53. The molecule has 0 bridgehead atoms. The number of carbonyl (C=O) groups excluding carboxylic acids is 1. The van der Waals surface area contributed by atoms with Crippen LogP contribution >= 0.6 is 11.6 Å². The van der Waals surface area contributed by atoms with Crippen LogP contribution in [-0.4, -0.2) is 5.78 Å². The van der Waals surface area contributed by atoms with Gasteiger partial charge in [0, 0.05) is 16.1 Å². The number of benzene rings is 2. The summed E-state index contributed by atoms with van der Waals surface area (Å²) in [5.74, 6) is 0.0260. The number of ketones is 1. The van der Waals surface area contributed by atoms with E-state index in [2.05, 4.69) is 6.92 Å². The van der Waals surface area contributed by atoms with Crippen molar-refractivity contribution >= 4 is 17.4 Å². The largest absolute Gasteiger partial charge is 0.289 e. The molecule has 0 fully saturated rings. The van der Waals surface area contributed by atoms with Crippen molar-refractivity contribution < 1.29 is 4.79 Å². The van der Waals surface area contributed by atoms with Crippen molar-refractivity contribution in [2.75, 3.05) is 0 Å². The minimum Gasteiger partial charge on any atom is -0.289 e. The zero-order valence-electron chi connectivity index (χ0n) is 10.8. The van der Waals surface area contributed by atoms with Crippen LogP contribution in [0.3, 0.4) is 0 Å². The average molecular weight is 259 g/mol. The maximum atomic E-state index is 12.4. The van der Waals surface area contributed by atoms with E-state index in [0.717, 1.165) is 16.7 Å². The fraction of sp³-hybridized carbons (Fsp3) is 0.188. The van der Waals surface area contributed by atoms with Gasteiger partial charge in [0.05, 0.1) is 0 Å². The first-order valence-electron chi connectivity index (χ1n) is 5.87. The standard InChI is InChI=1S/C16H15ClO/c1-10-7-12(3)15(8-11(10)2)16(18)13-5-4-6-14(17)9-13/h4-9H,1-3H3. The summed E-state index contributed by atoms with van der Waals surface area (Å²) in [7, 11) is 0. The molecule has 0 atom stereocenters. The van der Waals surface area contributed by atoms with Gasteiger partial charge in [-0.25, -0.2) is 0 Å². The van der Waals surface area contributed by atoms with E-state index >= 15 is 0 Å². The molecule has 0 aromatic heterocycles. The molecule has 0 saturated carbocycles. The van der Waals surface area contributed by atoms with Crippen LogP contribution in [-0.2, 0) is 0 Å². The van der Waals surface area contributed by atoms with Gasteiger partial charge >= 0.3 is 0 Å². The predicted octanol–water partition coefficient (Wildman–Crippen LogP) is 4.50. The molecule has 92 valence electrons. The lowest BCUT2D eigenvalue weighted by molar-refractivity contribution is 0.103. The summed E-state index contributed by atoms with van der Waals surface area (Å²) in [5, 5.41) is 0.585. The molecule has 0 radical (unpaired) electrons. The SMILES string of the molecule is Cc1cc(C)c(C(=O)c2cccc(Cl)c2)cc1C. The van der Waals surface area contributed by atoms with Gasteiger partial charge in [0.1, 0.15) is 0 Å². The Morgan fingerprint density at radius 1 is 0.944 bits per heavy atom. The Hall–Kier alpha value is -1.60. The fourth-order valence-electron chi connectivity index (χ4n) is 1.99. The lowest BCUT2D eigenvalue weighted by Gasteiger charge is -2.09. The van der Waals surface area contributed by atoms with Crippen LogP contribution in [0.5, 0.6) is 0 Å². The highest BCUT2D eigenvalue weighted by molar-refractivity contribution is 6.31. The molecule has 0 spiro atoms. The van der Waals surface area contributed by atoms with Gasteiger partial charge in [-0.05, 0) is 55.7 Å². The van der Waals surface area contributed by atoms with Crippen molar-refractivity contribution in [3.63, 3.8) is 0 Å². The number of halogens is 1. The van der Waals surface area contributed by atoms with Gasteiger partial charge in [-0.15, -0.1) is 0 Å². The van der Waals surface area contributed by atoms with Crippen molar-refractivity contribution in [1.82, 2.24) is 0 Å². The van der Waals surface area contributed by atoms with Gasteiger partial charge in [0.25, 0.3) is 0 Å². The van der Waals surface area contributed by atoms with Crippen LogP contribution in [0.2, 0.25) is 5.02 Å². The lowest BCUT2D eigenvalue weighted by atomic mass is 9.95. The molecule has 0 saturated heterocycles. The first kappa shape index (κ1) is 12.8. The molecule has 0 aliphatic heterocycles. The second-order valence-corrected chi connectivity index (χ2v) is 5.03. The van der Waals surface area contributed by atoms with E-state index in [-0.39, 0.29) is 5.78 Å². The minimum absolute atomic E-state index is 0.0260. The molecule has 0 N–H and O–H groups in total. The minimum atomic E-state index is 0.0260. The zero-order chi connectivity index (χ0) is 13.3. The third kappa shape index (κ3) is 2.46. The molecule has 2 rings (SSSR count). The van der Waals surface area contributed by atoms with Gasteiger partial charge in [-0.3, -0.25) is 4.79 Å². The van der Waals surface area contributed by atoms with Crippen LogP contribution in [0.15, 0.2) is 36.4 Å². The van der Waals surface area contributed by atoms with Crippen LogP contribution in [0.25, 0.3) is 0 Å². The van der Waals surface area contributed by atoms with Gasteiger partial charge in [0.2, 0.25) is 0 Å². The maximum absolute atomic E-state index is 12.4. The van der Waals surface area contributed by atoms with E-state index in [9.17, 15) is 4.79 Å². The molecule has 0 heterocycles. The monoisotopic (exact) mass is 258 g/mol. The zero-order valence-corrected chi connectivity index (χ0v) is 11.5. The van der Waals surface area contributed by atoms with Crippen molar-refractivity contribution in [1.29, 1.82) is 0 Å². The van der Waals surface area contributed by atoms with Gasteiger partial charge in [0.15, 0.2) is 5.78 Å². The molecular weight excluding hydrogens is 244 g/mol. The van der Waals surface area contributed by atoms with E-state index in [1.54, 1.807) is 24.3 Å². The smallest absolute Gasteiger partial charge is 0.193 e. The summed E-state index contributed by atoms with van der Waals surface area (Å²) in [4.78, 5) is 12.4. The molecule has 0 unspecified atom stereocenters. The van der Waals surface area contributed by atoms with Crippen molar-refractivity contribution in [2.24, 2.45) is 0 Å². The Morgan fingerprint density at radius 3 is 2.28 bits per heavy atom. The fourth-order valence-corrected chi connectivity index (χ4v) is 2.18. The summed E-state index contributed by atoms with van der Waals surface area (Å²) in [6, 6.07) is 11.1. The van der Waals surface area contributed by atoms with E-state index in [1.807, 2.05) is 26.0 Å². The molecule has 0 amide bonds. The Bertz CT molecular complexity index is 614. The maximum Gasteiger partial charge on any atom is 0.193 e. The van der Waals surface area contributed by atoms with E-state index < -0.39 is 0 Å². The number of hydrogen-bond donors (Lipinski definition) is 0. The summed E-state index contributed by atoms with van der Waals surface area (Å²) < 4.78 is 0. The molecule has 18 heavy (non-hydrogen) atoms. The molecule has 2 heteroatoms. The molecule has 1 nitrogen and oxygen atoms in total. The van der Waals surface area contributed by atoms with Gasteiger partial charge in [-0.2, -0.15) is 0 Å². The summed E-state index contributed by atoms with van der Waals surface area (Å²) in [6.07, 6.45) is 0. The molecule has 0 aliphatic rings. The highest BCUT2D eigenvalue weighted by Gasteiger charge is 2.13. The first-order valence-corrected chi connectivity index (χ1v) is 6.25. The first-order chi connectivity index (χ1) is 8.49. The average Bonchev–Trinajstić information content (AvgIpc) is 2.33. The Morgan fingerprint density at radius 2 is 1.61 bits per heavy atom. The van der Waals surface area contributed by atoms with Crippen LogP contribution in [0.4, 0.5) is 0 Å². The number of hydrogen-bond acceptors (Lipinski definition) is 1. The van der Waals surface area contributed by atoms with Crippen molar-refractivity contribution in [2.45, 2.75) is 20.8 Å².